The van der Waals surface area contributed by atoms with Crippen LogP contribution in [0.5, 0.6) is 0 Å². The Morgan fingerprint density at radius 1 is 1.18 bits per heavy atom. The second kappa shape index (κ2) is 7.79. The highest BCUT2D eigenvalue weighted by atomic mass is 127. The number of anilines is 1. The molecule has 1 amide bonds. The molecule has 0 heterocycles. The van der Waals surface area contributed by atoms with Gasteiger partial charge < -0.3 is 5.32 Å². The molecule has 22 heavy (non-hydrogen) atoms. The predicted molar refractivity (Wildman–Crippen MR) is 102 cm³/mol. The molecule has 2 aromatic rings. The van der Waals surface area contributed by atoms with Gasteiger partial charge in [0.25, 0.3) is 0 Å². The van der Waals surface area contributed by atoms with Crippen LogP contribution >= 0.6 is 34.2 Å². The lowest BCUT2D eigenvalue weighted by Gasteiger charge is -2.06. The lowest BCUT2D eigenvalue weighted by Crippen LogP contribution is -2.08. The van der Waals surface area contributed by atoms with Crippen LogP contribution in [0.1, 0.15) is 30.9 Å². The molecular weight excluding hydrogens is 409 g/mol. The average molecular weight is 426 g/mol. The fraction of sp³-hybridized carbons (Fsp3) is 0.167. The number of rotatable bonds is 4. The van der Waals surface area contributed by atoms with Gasteiger partial charge in [0.1, 0.15) is 0 Å². The van der Waals surface area contributed by atoms with Gasteiger partial charge in [-0.05, 0) is 63.9 Å². The Hall–Kier alpha value is -1.33. The van der Waals surface area contributed by atoms with Crippen molar-refractivity contribution in [3.63, 3.8) is 0 Å². The summed E-state index contributed by atoms with van der Waals surface area (Å²) in [7, 11) is 0. The van der Waals surface area contributed by atoms with Crippen molar-refractivity contribution in [1.82, 2.24) is 0 Å². The number of benzene rings is 2. The molecule has 0 atom stereocenters. The molecule has 0 aliphatic rings. The third-order valence-corrected chi connectivity index (χ3v) is 4.20. The van der Waals surface area contributed by atoms with E-state index in [1.165, 1.54) is 11.6 Å². The van der Waals surface area contributed by atoms with Crippen LogP contribution in [0.15, 0.2) is 48.5 Å². The van der Waals surface area contributed by atoms with Crippen LogP contribution in [0.2, 0.25) is 5.02 Å². The van der Waals surface area contributed by atoms with Crippen LogP contribution in [0.25, 0.3) is 6.08 Å². The highest BCUT2D eigenvalue weighted by molar-refractivity contribution is 14.1. The van der Waals surface area contributed by atoms with E-state index < -0.39 is 0 Å². The summed E-state index contributed by atoms with van der Waals surface area (Å²) in [6, 6.07) is 13.7. The molecule has 0 saturated heterocycles. The molecule has 0 saturated carbocycles. The Morgan fingerprint density at radius 2 is 1.86 bits per heavy atom. The number of hydrogen-bond acceptors (Lipinski definition) is 1. The van der Waals surface area contributed by atoms with Crippen molar-refractivity contribution in [3.05, 3.63) is 68.3 Å². The zero-order valence-electron chi connectivity index (χ0n) is 12.4. The van der Waals surface area contributed by atoms with E-state index in [2.05, 4.69) is 53.9 Å². The van der Waals surface area contributed by atoms with Crippen molar-refractivity contribution in [2.24, 2.45) is 0 Å². The first-order valence-electron chi connectivity index (χ1n) is 7.00. The van der Waals surface area contributed by atoms with Gasteiger partial charge in [-0.25, -0.2) is 0 Å². The Balaban J connectivity index is 2.01. The molecule has 114 valence electrons. The molecule has 2 nitrogen and oxygen atoms in total. The van der Waals surface area contributed by atoms with Crippen LogP contribution in [-0.2, 0) is 4.79 Å². The highest BCUT2D eigenvalue weighted by Gasteiger charge is 2.03. The molecule has 0 fully saturated rings. The van der Waals surface area contributed by atoms with Crippen molar-refractivity contribution in [2.75, 3.05) is 5.32 Å². The average Bonchev–Trinajstić information content (AvgIpc) is 2.48. The Bertz CT molecular complexity index is 693. The summed E-state index contributed by atoms with van der Waals surface area (Å²) in [5, 5.41) is 3.31. The zero-order valence-corrected chi connectivity index (χ0v) is 15.4. The van der Waals surface area contributed by atoms with Gasteiger partial charge in [0.2, 0.25) is 5.91 Å². The van der Waals surface area contributed by atoms with Crippen LogP contribution in [0.3, 0.4) is 0 Å². The summed E-state index contributed by atoms with van der Waals surface area (Å²) in [5.74, 6) is 0.306. The van der Waals surface area contributed by atoms with Gasteiger partial charge in [-0.2, -0.15) is 0 Å². The van der Waals surface area contributed by atoms with Gasteiger partial charge in [-0.15, -0.1) is 0 Å². The summed E-state index contributed by atoms with van der Waals surface area (Å²) in [4.78, 5) is 11.9. The van der Waals surface area contributed by atoms with E-state index in [0.29, 0.717) is 16.6 Å². The van der Waals surface area contributed by atoms with Gasteiger partial charge in [0, 0.05) is 9.65 Å². The first kappa shape index (κ1) is 17.0. The minimum absolute atomic E-state index is 0.198. The molecule has 0 aliphatic heterocycles. The smallest absolute Gasteiger partial charge is 0.248 e. The van der Waals surface area contributed by atoms with E-state index >= 15 is 0 Å². The Morgan fingerprint density at radius 3 is 2.45 bits per heavy atom. The number of carbonyl (C=O) groups excluding carboxylic acids is 1. The van der Waals surface area contributed by atoms with Gasteiger partial charge >= 0.3 is 0 Å². The van der Waals surface area contributed by atoms with Crippen LogP contribution < -0.4 is 5.32 Å². The molecule has 2 rings (SSSR count). The van der Waals surface area contributed by atoms with E-state index in [1.807, 2.05) is 24.3 Å². The predicted octanol–water partition coefficient (Wildman–Crippen LogP) is 5.72. The summed E-state index contributed by atoms with van der Waals surface area (Å²) in [6.07, 6.45) is 3.30. The van der Waals surface area contributed by atoms with E-state index in [9.17, 15) is 4.79 Å². The van der Waals surface area contributed by atoms with Gasteiger partial charge in [0.05, 0.1) is 10.7 Å². The molecule has 0 spiro atoms. The lowest BCUT2D eigenvalue weighted by atomic mass is 10.0. The third kappa shape index (κ3) is 4.85. The van der Waals surface area contributed by atoms with Crippen molar-refractivity contribution in [1.29, 1.82) is 0 Å². The quantitative estimate of drug-likeness (QED) is 0.492. The van der Waals surface area contributed by atoms with Crippen LogP contribution in [0, 0.1) is 3.57 Å². The fourth-order valence-electron chi connectivity index (χ4n) is 1.93. The number of hydrogen-bond donors (Lipinski definition) is 1. The molecule has 0 bridgehead atoms. The summed E-state index contributed by atoms with van der Waals surface area (Å²) in [6.45, 7) is 4.31. The van der Waals surface area contributed by atoms with Crippen molar-refractivity contribution in [3.8, 4) is 0 Å². The fourth-order valence-corrected chi connectivity index (χ4v) is 2.83. The highest BCUT2D eigenvalue weighted by Crippen LogP contribution is 2.23. The first-order chi connectivity index (χ1) is 10.5. The molecule has 2 aromatic carbocycles. The molecule has 4 heteroatoms. The van der Waals surface area contributed by atoms with Crippen LogP contribution in [0.4, 0.5) is 5.69 Å². The Kier molecular flexibility index (Phi) is 6.03. The minimum Gasteiger partial charge on any atom is -0.321 e. The number of halogens is 2. The molecule has 1 N–H and O–H groups in total. The second-order valence-corrected chi connectivity index (χ2v) is 6.92. The van der Waals surface area contributed by atoms with Crippen molar-refractivity contribution in [2.45, 2.75) is 19.8 Å². The van der Waals surface area contributed by atoms with Crippen molar-refractivity contribution < 1.29 is 4.79 Å². The SMILES string of the molecule is CC(C)c1ccc(/C=C/C(=O)Nc2ccc(I)cc2Cl)cc1. The standard InChI is InChI=1S/C18H17ClINO/c1-12(2)14-6-3-13(4-7-14)5-10-18(22)21-17-9-8-15(20)11-16(17)19/h3-12H,1-2H3,(H,21,22)/b10-5+. The first-order valence-corrected chi connectivity index (χ1v) is 8.45. The van der Waals surface area contributed by atoms with Crippen molar-refractivity contribution >= 4 is 51.9 Å². The molecule has 0 aromatic heterocycles. The maximum Gasteiger partial charge on any atom is 0.248 e. The van der Waals surface area contributed by atoms with Crippen LogP contribution in [-0.4, -0.2) is 5.91 Å². The summed E-state index contributed by atoms with van der Waals surface area (Å²) < 4.78 is 1.03. The maximum atomic E-state index is 11.9. The largest absolute Gasteiger partial charge is 0.321 e. The third-order valence-electron chi connectivity index (χ3n) is 3.22. The topological polar surface area (TPSA) is 29.1 Å². The normalized spacial score (nSPS) is 11.1. The summed E-state index contributed by atoms with van der Waals surface area (Å²) in [5.41, 5.74) is 2.90. The summed E-state index contributed by atoms with van der Waals surface area (Å²) >= 11 is 8.27. The number of nitrogens with one attached hydrogen (secondary N) is 1. The van der Waals surface area contributed by atoms with Gasteiger partial charge in [-0.1, -0.05) is 49.7 Å². The molecular formula is C18H17ClINO. The lowest BCUT2D eigenvalue weighted by molar-refractivity contribution is -0.111. The minimum atomic E-state index is -0.198. The number of carbonyl (C=O) groups is 1. The monoisotopic (exact) mass is 425 g/mol. The van der Waals surface area contributed by atoms with Gasteiger partial charge in [0.15, 0.2) is 0 Å². The zero-order chi connectivity index (χ0) is 16.1. The second-order valence-electron chi connectivity index (χ2n) is 5.27. The van der Waals surface area contributed by atoms with E-state index in [0.717, 1.165) is 9.13 Å². The van der Waals surface area contributed by atoms with E-state index in [1.54, 1.807) is 12.1 Å². The molecule has 0 aliphatic carbocycles. The maximum absolute atomic E-state index is 11.9. The Labute approximate surface area is 149 Å². The molecule has 0 unspecified atom stereocenters. The number of amides is 1. The molecule has 0 radical (unpaired) electrons. The van der Waals surface area contributed by atoms with E-state index in [4.69, 9.17) is 11.6 Å². The van der Waals surface area contributed by atoms with Gasteiger partial charge in [-0.3, -0.25) is 4.79 Å². The van der Waals surface area contributed by atoms with E-state index in [-0.39, 0.29) is 5.91 Å².